The number of benzene rings is 1. The first-order valence-electron chi connectivity index (χ1n) is 5.07. The van der Waals surface area contributed by atoms with E-state index in [1.54, 1.807) is 0 Å². The lowest BCUT2D eigenvalue weighted by atomic mass is 10.3. The van der Waals surface area contributed by atoms with Crippen LogP contribution in [0.4, 0.5) is 5.69 Å². The van der Waals surface area contributed by atoms with Crippen molar-refractivity contribution in [1.29, 1.82) is 0 Å². The first kappa shape index (κ1) is 10.6. The number of hydrazine groups is 1. The third kappa shape index (κ3) is 3.52. The van der Waals surface area contributed by atoms with Gasteiger partial charge in [-0.2, -0.15) is 0 Å². The summed E-state index contributed by atoms with van der Waals surface area (Å²) in [7, 11) is 0. The maximum atomic E-state index is 3.77. The van der Waals surface area contributed by atoms with E-state index >= 15 is 0 Å². The van der Waals surface area contributed by atoms with Crippen LogP contribution >= 0.6 is 0 Å². The van der Waals surface area contributed by atoms with Gasteiger partial charge in [-0.25, -0.2) is 0 Å². The van der Waals surface area contributed by atoms with Crippen molar-refractivity contribution in [2.75, 3.05) is 12.0 Å². The van der Waals surface area contributed by atoms with Gasteiger partial charge in [-0.3, -0.25) is 10.4 Å². The number of para-hydroxylation sites is 1. The third-order valence-electron chi connectivity index (χ3n) is 2.02. The Morgan fingerprint density at radius 1 is 1.36 bits per heavy atom. The van der Waals surface area contributed by atoms with Crippen LogP contribution < -0.4 is 5.43 Å². The summed E-state index contributed by atoms with van der Waals surface area (Å²) in [6.45, 7) is 6.95. The SMILES string of the molecule is C=CN(CCCC)Nc1ccccc1. The minimum atomic E-state index is 0.995. The van der Waals surface area contributed by atoms with Crippen LogP contribution in [0.1, 0.15) is 19.8 Å². The fourth-order valence-electron chi connectivity index (χ4n) is 1.20. The smallest absolute Gasteiger partial charge is 0.0541 e. The third-order valence-corrected chi connectivity index (χ3v) is 2.02. The van der Waals surface area contributed by atoms with Gasteiger partial charge in [0.2, 0.25) is 0 Å². The van der Waals surface area contributed by atoms with Crippen molar-refractivity contribution >= 4 is 5.69 Å². The molecule has 0 aliphatic rings. The minimum Gasteiger partial charge on any atom is -0.299 e. The molecule has 0 spiro atoms. The zero-order chi connectivity index (χ0) is 10.2. The van der Waals surface area contributed by atoms with Crippen LogP contribution in [0.5, 0.6) is 0 Å². The summed E-state index contributed by atoms with van der Waals surface area (Å²) in [6, 6.07) is 10.1. The van der Waals surface area contributed by atoms with Crippen LogP contribution in [-0.4, -0.2) is 11.6 Å². The number of nitrogens with one attached hydrogen (secondary N) is 1. The van der Waals surface area contributed by atoms with Crippen LogP contribution in [0, 0.1) is 0 Å². The molecular weight excluding hydrogens is 172 g/mol. The van der Waals surface area contributed by atoms with Crippen LogP contribution in [0.25, 0.3) is 0 Å². The zero-order valence-corrected chi connectivity index (χ0v) is 8.74. The van der Waals surface area contributed by atoms with Gasteiger partial charge in [-0.05, 0) is 18.6 Å². The normalized spacial score (nSPS) is 9.50. The summed E-state index contributed by atoms with van der Waals surface area (Å²) < 4.78 is 0. The standard InChI is InChI=1S/C12H18N2/c1-3-5-11-14(4-2)13-12-9-7-6-8-10-12/h4,6-10,13H,2-3,5,11H2,1H3. The van der Waals surface area contributed by atoms with Gasteiger partial charge < -0.3 is 0 Å². The molecule has 1 aromatic rings. The Balaban J connectivity index is 2.44. The summed E-state index contributed by atoms with van der Waals surface area (Å²) in [5.74, 6) is 0. The van der Waals surface area contributed by atoms with E-state index in [2.05, 4.69) is 18.9 Å². The fraction of sp³-hybridized carbons (Fsp3) is 0.333. The Kier molecular flexibility index (Phi) is 4.62. The van der Waals surface area contributed by atoms with Gasteiger partial charge in [0.1, 0.15) is 0 Å². The molecule has 0 amide bonds. The molecule has 0 fully saturated rings. The average Bonchev–Trinajstić information content (AvgIpc) is 2.25. The largest absolute Gasteiger partial charge is 0.299 e. The van der Waals surface area contributed by atoms with E-state index in [1.165, 1.54) is 12.8 Å². The second-order valence-corrected chi connectivity index (χ2v) is 3.21. The van der Waals surface area contributed by atoms with Gasteiger partial charge in [0.15, 0.2) is 0 Å². The van der Waals surface area contributed by atoms with Gasteiger partial charge >= 0.3 is 0 Å². The number of unbranched alkanes of at least 4 members (excludes halogenated alkanes) is 1. The predicted octanol–water partition coefficient (Wildman–Crippen LogP) is 3.26. The number of nitrogens with zero attached hydrogens (tertiary/aromatic N) is 1. The zero-order valence-electron chi connectivity index (χ0n) is 8.74. The fourth-order valence-corrected chi connectivity index (χ4v) is 1.20. The lowest BCUT2D eigenvalue weighted by Crippen LogP contribution is -2.24. The number of hydrogen-bond acceptors (Lipinski definition) is 2. The van der Waals surface area contributed by atoms with Crippen molar-refractivity contribution in [2.24, 2.45) is 0 Å². The highest BCUT2D eigenvalue weighted by Crippen LogP contribution is 2.07. The molecule has 0 unspecified atom stereocenters. The lowest BCUT2D eigenvalue weighted by Gasteiger charge is -2.21. The average molecular weight is 190 g/mol. The molecule has 1 aromatic carbocycles. The number of anilines is 1. The van der Waals surface area contributed by atoms with Crippen LogP contribution in [0.15, 0.2) is 43.1 Å². The maximum absolute atomic E-state index is 3.77. The number of hydrogen-bond donors (Lipinski definition) is 1. The summed E-state index contributed by atoms with van der Waals surface area (Å²) in [4.78, 5) is 0. The van der Waals surface area contributed by atoms with Crippen LogP contribution in [0.2, 0.25) is 0 Å². The number of rotatable bonds is 6. The van der Waals surface area contributed by atoms with Crippen molar-refractivity contribution in [1.82, 2.24) is 5.01 Å². The van der Waals surface area contributed by atoms with E-state index in [1.807, 2.05) is 41.5 Å². The molecule has 1 rings (SSSR count). The molecule has 2 nitrogen and oxygen atoms in total. The Labute approximate surface area is 86.2 Å². The highest BCUT2D eigenvalue weighted by atomic mass is 15.5. The van der Waals surface area contributed by atoms with E-state index in [0.29, 0.717) is 0 Å². The van der Waals surface area contributed by atoms with Crippen molar-refractivity contribution in [2.45, 2.75) is 19.8 Å². The van der Waals surface area contributed by atoms with Crippen LogP contribution in [-0.2, 0) is 0 Å². The highest BCUT2D eigenvalue weighted by molar-refractivity contribution is 5.41. The molecule has 0 bridgehead atoms. The molecule has 0 heterocycles. The van der Waals surface area contributed by atoms with E-state index in [4.69, 9.17) is 0 Å². The van der Waals surface area contributed by atoms with Crippen LogP contribution in [0.3, 0.4) is 0 Å². The monoisotopic (exact) mass is 190 g/mol. The highest BCUT2D eigenvalue weighted by Gasteiger charge is 1.96. The Hall–Kier alpha value is -1.44. The first-order valence-corrected chi connectivity index (χ1v) is 5.07. The molecule has 0 radical (unpaired) electrons. The van der Waals surface area contributed by atoms with Crippen molar-refractivity contribution in [3.05, 3.63) is 43.1 Å². The lowest BCUT2D eigenvalue weighted by molar-refractivity contribution is 0.435. The minimum absolute atomic E-state index is 0.995. The second-order valence-electron chi connectivity index (χ2n) is 3.21. The maximum Gasteiger partial charge on any atom is 0.0541 e. The molecular formula is C12H18N2. The summed E-state index contributed by atoms with van der Waals surface area (Å²) in [5, 5.41) is 2.01. The quantitative estimate of drug-likeness (QED) is 0.693. The summed E-state index contributed by atoms with van der Waals surface area (Å²) >= 11 is 0. The first-order chi connectivity index (χ1) is 6.86. The summed E-state index contributed by atoms with van der Waals surface area (Å²) in [5.41, 5.74) is 4.38. The topological polar surface area (TPSA) is 15.3 Å². The molecule has 0 atom stereocenters. The van der Waals surface area contributed by atoms with Gasteiger partial charge in [-0.15, -0.1) is 0 Å². The van der Waals surface area contributed by atoms with E-state index in [-0.39, 0.29) is 0 Å². The molecule has 2 heteroatoms. The van der Waals surface area contributed by atoms with Crippen molar-refractivity contribution < 1.29 is 0 Å². The molecule has 0 saturated carbocycles. The van der Waals surface area contributed by atoms with Gasteiger partial charge in [0.05, 0.1) is 5.69 Å². The molecule has 14 heavy (non-hydrogen) atoms. The van der Waals surface area contributed by atoms with Crippen molar-refractivity contribution in [3.63, 3.8) is 0 Å². The molecule has 0 saturated heterocycles. The molecule has 0 aromatic heterocycles. The van der Waals surface area contributed by atoms with Gasteiger partial charge in [0.25, 0.3) is 0 Å². The van der Waals surface area contributed by atoms with Gasteiger partial charge in [-0.1, -0.05) is 38.1 Å². The summed E-state index contributed by atoms with van der Waals surface area (Å²) in [6.07, 6.45) is 4.19. The van der Waals surface area contributed by atoms with E-state index in [9.17, 15) is 0 Å². The molecule has 0 aliphatic heterocycles. The Bertz CT molecular complexity index is 256. The predicted molar refractivity (Wildman–Crippen MR) is 61.9 cm³/mol. The van der Waals surface area contributed by atoms with Crippen molar-refractivity contribution in [3.8, 4) is 0 Å². The molecule has 1 N–H and O–H groups in total. The second kappa shape index (κ2) is 6.08. The van der Waals surface area contributed by atoms with E-state index < -0.39 is 0 Å². The Morgan fingerprint density at radius 2 is 2.07 bits per heavy atom. The molecule has 76 valence electrons. The Morgan fingerprint density at radius 3 is 2.64 bits per heavy atom. The van der Waals surface area contributed by atoms with E-state index in [0.717, 1.165) is 12.2 Å². The van der Waals surface area contributed by atoms with Gasteiger partial charge in [0, 0.05) is 12.7 Å². The molecule has 0 aliphatic carbocycles.